The van der Waals surface area contributed by atoms with Crippen LogP contribution in [0.1, 0.15) is 23.7 Å². The van der Waals surface area contributed by atoms with Crippen LogP contribution in [0.15, 0.2) is 24.3 Å². The van der Waals surface area contributed by atoms with Gasteiger partial charge in [-0.05, 0) is 5.56 Å². The minimum atomic E-state index is -2.52. The van der Waals surface area contributed by atoms with Crippen LogP contribution < -0.4 is 0 Å². The summed E-state index contributed by atoms with van der Waals surface area (Å²) in [5.41, 5.74) is 0.298. The zero-order valence-electron chi connectivity index (χ0n) is 7.85. The standard InChI is InChI=1S/C10H12F2O2S/c11-10(12)7-3-1-6(2-4-7)9(14)8(13)5-15/h1-4,8-10,13-15H,5H2. The van der Waals surface area contributed by atoms with E-state index in [0.29, 0.717) is 5.56 Å². The summed E-state index contributed by atoms with van der Waals surface area (Å²) < 4.78 is 24.4. The Balaban J connectivity index is 2.79. The molecule has 0 aromatic heterocycles. The predicted octanol–water partition coefficient (Wildman–Crippen LogP) is 1.95. The van der Waals surface area contributed by atoms with E-state index in [9.17, 15) is 19.0 Å². The number of benzene rings is 1. The Bertz CT molecular complexity index is 303. The quantitative estimate of drug-likeness (QED) is 0.697. The summed E-state index contributed by atoms with van der Waals surface area (Å²) in [6, 6.07) is 5.21. The fraction of sp³-hybridized carbons (Fsp3) is 0.400. The van der Waals surface area contributed by atoms with Crippen molar-refractivity contribution in [1.82, 2.24) is 0 Å². The average Bonchev–Trinajstić information content (AvgIpc) is 2.27. The largest absolute Gasteiger partial charge is 0.389 e. The predicted molar refractivity (Wildman–Crippen MR) is 56.2 cm³/mol. The minimum absolute atomic E-state index is 0.105. The van der Waals surface area contributed by atoms with E-state index in [1.807, 2.05) is 0 Å². The van der Waals surface area contributed by atoms with Crippen molar-refractivity contribution in [3.8, 4) is 0 Å². The van der Waals surface area contributed by atoms with Gasteiger partial charge in [-0.3, -0.25) is 0 Å². The Morgan fingerprint density at radius 1 is 1.07 bits per heavy atom. The van der Waals surface area contributed by atoms with E-state index in [1.54, 1.807) is 0 Å². The number of alkyl halides is 2. The van der Waals surface area contributed by atoms with Crippen molar-refractivity contribution >= 4 is 12.6 Å². The topological polar surface area (TPSA) is 40.5 Å². The van der Waals surface area contributed by atoms with Crippen molar-refractivity contribution in [3.05, 3.63) is 35.4 Å². The zero-order chi connectivity index (χ0) is 11.4. The van der Waals surface area contributed by atoms with E-state index in [4.69, 9.17) is 0 Å². The van der Waals surface area contributed by atoms with Gasteiger partial charge in [-0.25, -0.2) is 8.78 Å². The molecular formula is C10H12F2O2S. The molecule has 84 valence electrons. The maximum Gasteiger partial charge on any atom is 0.263 e. The molecule has 0 radical (unpaired) electrons. The summed E-state index contributed by atoms with van der Waals surface area (Å²) in [5.74, 6) is 0.109. The summed E-state index contributed by atoms with van der Waals surface area (Å²) >= 11 is 3.83. The molecule has 1 aromatic carbocycles. The second kappa shape index (κ2) is 5.44. The molecule has 1 aromatic rings. The third-order valence-electron chi connectivity index (χ3n) is 2.08. The van der Waals surface area contributed by atoms with Gasteiger partial charge in [0.05, 0.1) is 6.10 Å². The van der Waals surface area contributed by atoms with Crippen molar-refractivity contribution in [3.63, 3.8) is 0 Å². The highest BCUT2D eigenvalue weighted by Crippen LogP contribution is 2.22. The van der Waals surface area contributed by atoms with Crippen LogP contribution in [0.4, 0.5) is 8.78 Å². The zero-order valence-corrected chi connectivity index (χ0v) is 8.74. The van der Waals surface area contributed by atoms with Gasteiger partial charge >= 0.3 is 0 Å². The number of hydrogen-bond donors (Lipinski definition) is 3. The molecule has 0 aliphatic heterocycles. The van der Waals surface area contributed by atoms with Gasteiger partial charge in [-0.2, -0.15) is 12.6 Å². The number of halogens is 2. The molecule has 2 atom stereocenters. The maximum atomic E-state index is 12.2. The summed E-state index contributed by atoms with van der Waals surface area (Å²) in [7, 11) is 0. The first kappa shape index (κ1) is 12.4. The van der Waals surface area contributed by atoms with Gasteiger partial charge in [-0.15, -0.1) is 0 Å². The van der Waals surface area contributed by atoms with Crippen LogP contribution in [0.25, 0.3) is 0 Å². The van der Waals surface area contributed by atoms with Gasteiger partial charge in [0.1, 0.15) is 6.10 Å². The highest BCUT2D eigenvalue weighted by atomic mass is 32.1. The molecule has 5 heteroatoms. The van der Waals surface area contributed by atoms with Gasteiger partial charge in [0.2, 0.25) is 0 Å². The molecule has 1 rings (SSSR count). The van der Waals surface area contributed by atoms with Crippen molar-refractivity contribution in [2.45, 2.75) is 18.6 Å². The van der Waals surface area contributed by atoms with Gasteiger partial charge in [0.25, 0.3) is 6.43 Å². The first-order chi connectivity index (χ1) is 7.06. The summed E-state index contributed by atoms with van der Waals surface area (Å²) in [5, 5.41) is 18.8. The summed E-state index contributed by atoms with van der Waals surface area (Å²) in [6.07, 6.45) is -4.61. The van der Waals surface area contributed by atoms with E-state index in [0.717, 1.165) is 0 Å². The Kier molecular flexibility index (Phi) is 4.50. The Morgan fingerprint density at radius 2 is 1.53 bits per heavy atom. The highest BCUT2D eigenvalue weighted by Gasteiger charge is 2.17. The second-order valence-electron chi connectivity index (χ2n) is 3.16. The molecule has 2 nitrogen and oxygen atoms in total. The van der Waals surface area contributed by atoms with E-state index >= 15 is 0 Å². The van der Waals surface area contributed by atoms with Crippen LogP contribution in [-0.4, -0.2) is 22.1 Å². The van der Waals surface area contributed by atoms with Crippen LogP contribution in [0.2, 0.25) is 0 Å². The van der Waals surface area contributed by atoms with Crippen LogP contribution >= 0.6 is 12.6 Å². The SMILES string of the molecule is OC(CS)C(O)c1ccc(C(F)F)cc1. The normalized spacial score (nSPS) is 15.3. The van der Waals surface area contributed by atoms with Crippen molar-refractivity contribution in [2.75, 3.05) is 5.75 Å². The summed E-state index contributed by atoms with van der Waals surface area (Å²) in [6.45, 7) is 0. The lowest BCUT2D eigenvalue weighted by atomic mass is 10.0. The fourth-order valence-corrected chi connectivity index (χ4v) is 1.36. The number of rotatable bonds is 4. The lowest BCUT2D eigenvalue weighted by Gasteiger charge is -2.16. The van der Waals surface area contributed by atoms with Crippen LogP contribution in [0.3, 0.4) is 0 Å². The van der Waals surface area contributed by atoms with E-state index in [2.05, 4.69) is 12.6 Å². The molecule has 2 N–H and O–H groups in total. The van der Waals surface area contributed by atoms with E-state index in [-0.39, 0.29) is 11.3 Å². The van der Waals surface area contributed by atoms with Gasteiger partial charge in [0, 0.05) is 11.3 Å². The number of hydrogen-bond acceptors (Lipinski definition) is 3. The van der Waals surface area contributed by atoms with Crippen LogP contribution in [-0.2, 0) is 0 Å². The molecule has 0 amide bonds. The highest BCUT2D eigenvalue weighted by molar-refractivity contribution is 7.80. The molecule has 15 heavy (non-hydrogen) atoms. The number of aliphatic hydroxyl groups is 2. The summed E-state index contributed by atoms with van der Waals surface area (Å²) in [4.78, 5) is 0. The number of thiol groups is 1. The van der Waals surface area contributed by atoms with Crippen molar-refractivity contribution in [1.29, 1.82) is 0 Å². The molecule has 0 heterocycles. The maximum absolute atomic E-state index is 12.2. The second-order valence-corrected chi connectivity index (χ2v) is 3.53. The van der Waals surface area contributed by atoms with Crippen LogP contribution in [0.5, 0.6) is 0 Å². The molecule has 0 aliphatic rings. The monoisotopic (exact) mass is 234 g/mol. The van der Waals surface area contributed by atoms with E-state index in [1.165, 1.54) is 24.3 Å². The lowest BCUT2D eigenvalue weighted by molar-refractivity contribution is 0.0337. The van der Waals surface area contributed by atoms with Gasteiger partial charge in [0.15, 0.2) is 0 Å². The third kappa shape index (κ3) is 3.15. The van der Waals surface area contributed by atoms with Crippen molar-refractivity contribution in [2.24, 2.45) is 0 Å². The Morgan fingerprint density at radius 3 is 1.93 bits per heavy atom. The van der Waals surface area contributed by atoms with Crippen molar-refractivity contribution < 1.29 is 19.0 Å². The minimum Gasteiger partial charge on any atom is -0.389 e. The van der Waals surface area contributed by atoms with Gasteiger partial charge < -0.3 is 10.2 Å². The first-order valence-corrected chi connectivity index (χ1v) is 5.04. The molecule has 0 bridgehead atoms. The van der Waals surface area contributed by atoms with Gasteiger partial charge in [-0.1, -0.05) is 24.3 Å². The molecule has 0 fully saturated rings. The fourth-order valence-electron chi connectivity index (χ4n) is 1.16. The molecule has 0 saturated carbocycles. The Hall–Kier alpha value is -0.650. The third-order valence-corrected chi connectivity index (χ3v) is 2.46. The molecule has 0 aliphatic carbocycles. The molecule has 2 unspecified atom stereocenters. The molecule has 0 saturated heterocycles. The number of aliphatic hydroxyl groups excluding tert-OH is 2. The molecular weight excluding hydrogens is 222 g/mol. The molecule has 0 spiro atoms. The lowest BCUT2D eigenvalue weighted by Crippen LogP contribution is -2.19. The smallest absolute Gasteiger partial charge is 0.263 e. The van der Waals surface area contributed by atoms with E-state index < -0.39 is 18.6 Å². The average molecular weight is 234 g/mol. The Labute approximate surface area is 92.0 Å². The first-order valence-electron chi connectivity index (χ1n) is 4.41. The van der Waals surface area contributed by atoms with Crippen LogP contribution in [0, 0.1) is 0 Å².